The summed E-state index contributed by atoms with van der Waals surface area (Å²) in [6.07, 6.45) is 12.0. The molecule has 0 amide bonds. The quantitative estimate of drug-likeness (QED) is 0.652. The average molecular weight is 284 g/mol. The number of pyridine rings is 1. The zero-order valence-corrected chi connectivity index (χ0v) is 12.8. The largest absolute Gasteiger partial charge is 0.377 e. The van der Waals surface area contributed by atoms with E-state index in [0.717, 1.165) is 17.3 Å². The predicted molar refractivity (Wildman–Crippen MR) is 79.6 cm³/mol. The maximum Gasteiger partial charge on any atom is 0.250 e. The van der Waals surface area contributed by atoms with E-state index in [0.29, 0.717) is 0 Å². The van der Waals surface area contributed by atoms with Gasteiger partial charge in [0.15, 0.2) is 0 Å². The highest BCUT2D eigenvalue weighted by molar-refractivity contribution is 5.54. The number of anilines is 1. The Hall–Kier alpha value is -2.63. The number of aryl methyl sites for hydroxylation is 2. The van der Waals surface area contributed by atoms with E-state index in [-0.39, 0.29) is 0 Å². The number of nitrogens with zero attached hydrogens (tertiary/aromatic N) is 6. The van der Waals surface area contributed by atoms with Crippen molar-refractivity contribution in [2.45, 2.75) is 0 Å². The van der Waals surface area contributed by atoms with Crippen molar-refractivity contribution in [3.63, 3.8) is 0 Å². The van der Waals surface area contributed by atoms with Crippen LogP contribution in [0.5, 0.6) is 0 Å². The van der Waals surface area contributed by atoms with Crippen LogP contribution in [-0.4, -0.2) is 28.2 Å². The van der Waals surface area contributed by atoms with E-state index in [1.54, 1.807) is 0 Å². The van der Waals surface area contributed by atoms with Gasteiger partial charge in [0.25, 0.3) is 0 Å². The van der Waals surface area contributed by atoms with E-state index < -0.39 is 0 Å². The van der Waals surface area contributed by atoms with Crippen LogP contribution in [0.3, 0.4) is 0 Å². The molecule has 0 atom stereocenters. The first kappa shape index (κ1) is 13.4. The van der Waals surface area contributed by atoms with E-state index in [2.05, 4.69) is 17.0 Å². The van der Waals surface area contributed by atoms with Crippen LogP contribution in [0.1, 0.15) is 0 Å². The highest BCUT2D eigenvalue weighted by atomic mass is 15.2. The molecule has 3 rings (SSSR count). The third-order valence-corrected chi connectivity index (χ3v) is 3.37. The van der Waals surface area contributed by atoms with Gasteiger partial charge in [0, 0.05) is 31.9 Å². The van der Waals surface area contributed by atoms with Gasteiger partial charge in [-0.2, -0.15) is 14.1 Å². The summed E-state index contributed by atoms with van der Waals surface area (Å²) in [4.78, 5) is 6.84. The summed E-state index contributed by atoms with van der Waals surface area (Å²) in [5, 5.41) is 0. The Labute approximate surface area is 124 Å². The van der Waals surface area contributed by atoms with Gasteiger partial charge >= 0.3 is 0 Å². The minimum atomic E-state index is 0.896. The topological polar surface area (TPSA) is 33.8 Å². The van der Waals surface area contributed by atoms with Crippen molar-refractivity contribution in [3.8, 4) is 11.6 Å². The van der Waals surface area contributed by atoms with Crippen molar-refractivity contribution in [2.24, 2.45) is 14.1 Å². The van der Waals surface area contributed by atoms with Gasteiger partial charge in [0.1, 0.15) is 24.8 Å². The van der Waals surface area contributed by atoms with Crippen molar-refractivity contribution in [1.29, 1.82) is 0 Å². The van der Waals surface area contributed by atoms with Gasteiger partial charge in [-0.1, -0.05) is 0 Å². The lowest BCUT2D eigenvalue weighted by Crippen LogP contribution is -2.24. The first-order valence-electron chi connectivity index (χ1n) is 6.79. The molecule has 108 valence electrons. The van der Waals surface area contributed by atoms with Crippen LogP contribution >= 0.6 is 0 Å². The molecule has 0 aliphatic heterocycles. The molecule has 0 aromatic carbocycles. The Bertz CT molecular complexity index is 710. The summed E-state index contributed by atoms with van der Waals surface area (Å²) in [5.41, 5.74) is 1.11. The fraction of sp³-hybridized carbons (Fsp3) is 0.267. The highest BCUT2D eigenvalue weighted by Crippen LogP contribution is 2.19. The Balaban J connectivity index is 2.14. The molecule has 6 nitrogen and oxygen atoms in total. The molecular weight excluding hydrogens is 264 g/mol. The number of imidazole rings is 2. The maximum absolute atomic E-state index is 4.76. The van der Waals surface area contributed by atoms with Crippen LogP contribution in [0.2, 0.25) is 0 Å². The van der Waals surface area contributed by atoms with Crippen LogP contribution in [-0.2, 0) is 14.1 Å². The van der Waals surface area contributed by atoms with E-state index in [1.165, 1.54) is 0 Å². The van der Waals surface area contributed by atoms with Crippen LogP contribution in [0.25, 0.3) is 11.6 Å². The highest BCUT2D eigenvalue weighted by Gasteiger charge is 2.14. The fourth-order valence-corrected chi connectivity index (χ4v) is 2.18. The van der Waals surface area contributed by atoms with Crippen LogP contribution < -0.4 is 14.0 Å². The van der Waals surface area contributed by atoms with Crippen molar-refractivity contribution >= 4 is 5.69 Å². The minimum absolute atomic E-state index is 0.896. The second kappa shape index (κ2) is 5.05. The van der Waals surface area contributed by atoms with Crippen LogP contribution in [0.4, 0.5) is 5.69 Å². The average Bonchev–Trinajstić information content (AvgIpc) is 3.07. The first-order chi connectivity index (χ1) is 10.0. The molecule has 0 aliphatic carbocycles. The molecule has 0 bridgehead atoms. The smallest absolute Gasteiger partial charge is 0.250 e. The van der Waals surface area contributed by atoms with Crippen molar-refractivity contribution in [2.75, 3.05) is 19.0 Å². The molecule has 6 heteroatoms. The van der Waals surface area contributed by atoms with Gasteiger partial charge in [-0.25, -0.2) is 9.13 Å². The second-order valence-electron chi connectivity index (χ2n) is 5.41. The van der Waals surface area contributed by atoms with Gasteiger partial charge < -0.3 is 4.90 Å². The van der Waals surface area contributed by atoms with Gasteiger partial charge in [-0.05, 0) is 0 Å². The first-order valence-corrected chi connectivity index (χ1v) is 6.79. The third kappa shape index (κ3) is 2.65. The monoisotopic (exact) mass is 284 g/mol. The van der Waals surface area contributed by atoms with Gasteiger partial charge in [0.2, 0.25) is 24.3 Å². The van der Waals surface area contributed by atoms with E-state index in [1.807, 2.05) is 83.9 Å². The summed E-state index contributed by atoms with van der Waals surface area (Å²) >= 11 is 0. The van der Waals surface area contributed by atoms with Crippen molar-refractivity contribution in [1.82, 2.24) is 14.1 Å². The molecule has 0 fully saturated rings. The van der Waals surface area contributed by atoms with Crippen LogP contribution in [0.15, 0.2) is 49.6 Å². The molecule has 21 heavy (non-hydrogen) atoms. The fourth-order valence-electron chi connectivity index (χ4n) is 2.18. The number of hydrogen-bond donors (Lipinski definition) is 0. The predicted octanol–water partition coefficient (Wildman–Crippen LogP) is 0.378. The SMILES string of the molecule is CN(C)c1cc(-n2cc[n+](C)c2)nc(-n2cc[n+](C)c2)c1. The van der Waals surface area contributed by atoms with Gasteiger partial charge in [0.05, 0.1) is 14.1 Å². The number of aromatic nitrogens is 5. The Morgan fingerprint density at radius 2 is 1.38 bits per heavy atom. The third-order valence-electron chi connectivity index (χ3n) is 3.37. The molecule has 0 saturated carbocycles. The summed E-state index contributed by atoms with van der Waals surface area (Å²) < 4.78 is 8.03. The van der Waals surface area contributed by atoms with Crippen molar-refractivity contribution < 1.29 is 9.13 Å². The number of rotatable bonds is 3. The molecular formula is C15H20N6+2. The molecule has 0 N–H and O–H groups in total. The Kier molecular flexibility index (Phi) is 3.21. The zero-order valence-electron chi connectivity index (χ0n) is 12.8. The van der Waals surface area contributed by atoms with Gasteiger partial charge in [-0.15, -0.1) is 0 Å². The molecule has 0 saturated heterocycles. The summed E-state index contributed by atoms with van der Waals surface area (Å²) in [6, 6.07) is 4.15. The zero-order chi connectivity index (χ0) is 15.0. The standard InChI is InChI=1S/C15H20N6/c1-17(2)13-9-14(20-7-5-18(3)11-20)16-15(10-13)21-8-6-19(4)12-21/h5-12H,1-4H3/q+2. The van der Waals surface area contributed by atoms with Crippen molar-refractivity contribution in [3.05, 3.63) is 49.6 Å². The lowest BCUT2D eigenvalue weighted by atomic mass is 10.3. The normalized spacial score (nSPS) is 10.9. The lowest BCUT2D eigenvalue weighted by Gasteiger charge is -2.13. The Morgan fingerprint density at radius 1 is 0.905 bits per heavy atom. The Morgan fingerprint density at radius 3 is 1.71 bits per heavy atom. The minimum Gasteiger partial charge on any atom is -0.377 e. The summed E-state index contributed by atoms with van der Waals surface area (Å²) in [5.74, 6) is 1.79. The van der Waals surface area contributed by atoms with Crippen LogP contribution in [0, 0.1) is 0 Å². The molecule has 0 unspecified atom stereocenters. The number of hydrogen-bond acceptors (Lipinski definition) is 2. The molecule has 3 heterocycles. The van der Waals surface area contributed by atoms with E-state index in [9.17, 15) is 0 Å². The van der Waals surface area contributed by atoms with E-state index >= 15 is 0 Å². The maximum atomic E-state index is 4.76. The molecule has 0 radical (unpaired) electrons. The summed E-state index contributed by atoms with van der Waals surface area (Å²) in [6.45, 7) is 0. The van der Waals surface area contributed by atoms with Gasteiger partial charge in [-0.3, -0.25) is 0 Å². The second-order valence-corrected chi connectivity index (χ2v) is 5.41. The molecule has 0 aliphatic rings. The molecule has 3 aromatic heterocycles. The van der Waals surface area contributed by atoms with E-state index in [4.69, 9.17) is 4.98 Å². The molecule has 0 spiro atoms. The lowest BCUT2D eigenvalue weighted by molar-refractivity contribution is -0.670. The summed E-state index contributed by atoms with van der Waals surface area (Å²) in [7, 11) is 8.07. The molecule has 3 aromatic rings.